The number of nitrogens with one attached hydrogen (secondary N) is 1. The number of para-hydroxylation sites is 2. The molecule has 0 unspecified atom stereocenters. The fraction of sp³-hybridized carbons (Fsp3) is 0.125. The van der Waals surface area contributed by atoms with Crippen LogP contribution in [0.15, 0.2) is 81.1 Å². The minimum absolute atomic E-state index is 0.158. The predicted molar refractivity (Wildman–Crippen MR) is 129 cm³/mol. The monoisotopic (exact) mass is 442 g/mol. The molecule has 5 aromatic rings. The SMILES string of the molecule is Cc1csc(=Nc2c(C)n(C)n(-c3ccccc3)c2=O)n1N=Cc1c[nH]c2ccccc12. The van der Waals surface area contributed by atoms with Crippen LogP contribution >= 0.6 is 11.3 Å². The molecule has 0 atom stereocenters. The van der Waals surface area contributed by atoms with Crippen molar-refractivity contribution in [3.8, 4) is 5.69 Å². The first kappa shape index (κ1) is 20.0. The number of hydrogen-bond acceptors (Lipinski definition) is 4. The normalized spacial score (nSPS) is 12.4. The summed E-state index contributed by atoms with van der Waals surface area (Å²) in [5.74, 6) is 0. The van der Waals surface area contributed by atoms with Crippen molar-refractivity contribution < 1.29 is 0 Å². The van der Waals surface area contributed by atoms with Gasteiger partial charge < -0.3 is 4.98 Å². The van der Waals surface area contributed by atoms with Gasteiger partial charge in [-0.05, 0) is 32.0 Å². The first-order valence-corrected chi connectivity index (χ1v) is 11.1. The highest BCUT2D eigenvalue weighted by Crippen LogP contribution is 2.18. The standard InChI is InChI=1S/C24H22N6OS/c1-16-15-32-24(29(16)26-14-18-13-25-21-12-8-7-11-20(18)21)27-22-17(2)28(3)30(23(22)31)19-9-5-4-6-10-19/h4-15,25H,1-3H3. The summed E-state index contributed by atoms with van der Waals surface area (Å²) in [5, 5.41) is 7.76. The second-order valence-electron chi connectivity index (χ2n) is 7.53. The zero-order chi connectivity index (χ0) is 22.2. The van der Waals surface area contributed by atoms with E-state index in [0.717, 1.165) is 33.5 Å². The van der Waals surface area contributed by atoms with Crippen molar-refractivity contribution in [1.29, 1.82) is 0 Å². The highest BCUT2D eigenvalue weighted by Gasteiger charge is 2.16. The van der Waals surface area contributed by atoms with Crippen molar-refractivity contribution in [1.82, 2.24) is 19.0 Å². The van der Waals surface area contributed by atoms with E-state index in [1.165, 1.54) is 11.3 Å². The molecule has 0 aliphatic heterocycles. The third kappa shape index (κ3) is 3.34. The third-order valence-corrected chi connectivity index (χ3v) is 6.45. The summed E-state index contributed by atoms with van der Waals surface area (Å²) in [6, 6.07) is 17.7. The van der Waals surface area contributed by atoms with Gasteiger partial charge in [0, 0.05) is 35.1 Å². The lowest BCUT2D eigenvalue weighted by atomic mass is 10.2. The number of H-pyrrole nitrogens is 1. The van der Waals surface area contributed by atoms with E-state index in [0.29, 0.717) is 10.5 Å². The summed E-state index contributed by atoms with van der Waals surface area (Å²) in [6.07, 6.45) is 3.75. The van der Waals surface area contributed by atoms with Gasteiger partial charge in [0.25, 0.3) is 5.56 Å². The van der Waals surface area contributed by atoms with Crippen LogP contribution in [0, 0.1) is 13.8 Å². The van der Waals surface area contributed by atoms with Crippen LogP contribution in [0.4, 0.5) is 5.69 Å². The second-order valence-corrected chi connectivity index (χ2v) is 8.36. The van der Waals surface area contributed by atoms with E-state index in [9.17, 15) is 4.79 Å². The molecule has 0 spiro atoms. The van der Waals surface area contributed by atoms with Gasteiger partial charge in [0.05, 0.1) is 23.3 Å². The van der Waals surface area contributed by atoms with E-state index >= 15 is 0 Å². The fourth-order valence-corrected chi connectivity index (χ4v) is 4.51. The molecule has 3 aromatic heterocycles. The molecule has 8 heteroatoms. The van der Waals surface area contributed by atoms with E-state index in [1.54, 1.807) is 9.36 Å². The first-order chi connectivity index (χ1) is 15.5. The molecule has 0 aliphatic carbocycles. The van der Waals surface area contributed by atoms with E-state index in [1.807, 2.05) is 91.9 Å². The maximum absolute atomic E-state index is 13.2. The summed E-state index contributed by atoms with van der Waals surface area (Å²) in [7, 11) is 1.87. The van der Waals surface area contributed by atoms with Gasteiger partial charge in [-0.25, -0.2) is 14.4 Å². The molecule has 0 amide bonds. The van der Waals surface area contributed by atoms with Gasteiger partial charge in [0.2, 0.25) is 4.80 Å². The van der Waals surface area contributed by atoms with Gasteiger partial charge in [-0.3, -0.25) is 9.48 Å². The number of benzene rings is 2. The summed E-state index contributed by atoms with van der Waals surface area (Å²) in [5.41, 5.74) is 4.85. The third-order valence-electron chi connectivity index (χ3n) is 5.51. The quantitative estimate of drug-likeness (QED) is 0.415. The Hall–Kier alpha value is -3.91. The molecule has 32 heavy (non-hydrogen) atoms. The Labute approximate surface area is 188 Å². The lowest BCUT2D eigenvalue weighted by Crippen LogP contribution is -2.19. The van der Waals surface area contributed by atoms with Gasteiger partial charge in [0.15, 0.2) is 5.69 Å². The predicted octanol–water partition coefficient (Wildman–Crippen LogP) is 4.25. The average Bonchev–Trinajstić information content (AvgIpc) is 3.44. The molecule has 0 aliphatic rings. The Morgan fingerprint density at radius 3 is 2.59 bits per heavy atom. The number of aromatic nitrogens is 4. The van der Waals surface area contributed by atoms with E-state index in [2.05, 4.69) is 16.2 Å². The zero-order valence-corrected chi connectivity index (χ0v) is 18.8. The number of rotatable bonds is 4. The van der Waals surface area contributed by atoms with Gasteiger partial charge in [-0.15, -0.1) is 11.3 Å². The Kier molecular flexibility index (Phi) is 4.99. The molecule has 2 aromatic carbocycles. The second kappa shape index (κ2) is 7.97. The number of thiazole rings is 1. The summed E-state index contributed by atoms with van der Waals surface area (Å²) in [4.78, 5) is 21.9. The van der Waals surface area contributed by atoms with Crippen LogP contribution in [0.2, 0.25) is 0 Å². The van der Waals surface area contributed by atoms with Crippen LogP contribution in [0.5, 0.6) is 0 Å². The average molecular weight is 443 g/mol. The molecule has 5 rings (SSSR count). The van der Waals surface area contributed by atoms with Gasteiger partial charge >= 0.3 is 0 Å². The van der Waals surface area contributed by atoms with E-state index < -0.39 is 0 Å². The van der Waals surface area contributed by atoms with Crippen molar-refractivity contribution in [3.63, 3.8) is 0 Å². The largest absolute Gasteiger partial charge is 0.361 e. The molecule has 0 fully saturated rings. The van der Waals surface area contributed by atoms with Gasteiger partial charge in [-0.2, -0.15) is 5.10 Å². The Morgan fingerprint density at radius 1 is 1.03 bits per heavy atom. The van der Waals surface area contributed by atoms with E-state index in [-0.39, 0.29) is 5.56 Å². The topological polar surface area (TPSA) is 72.4 Å². The molecule has 0 bridgehead atoms. The fourth-order valence-electron chi connectivity index (χ4n) is 3.70. The van der Waals surface area contributed by atoms with Crippen molar-refractivity contribution in [2.24, 2.45) is 17.1 Å². The van der Waals surface area contributed by atoms with Crippen LogP contribution in [0.25, 0.3) is 16.6 Å². The maximum atomic E-state index is 13.2. The minimum atomic E-state index is -0.158. The lowest BCUT2D eigenvalue weighted by molar-refractivity contribution is 0.630. The molecule has 0 radical (unpaired) electrons. The summed E-state index contributed by atoms with van der Waals surface area (Å²) < 4.78 is 5.23. The highest BCUT2D eigenvalue weighted by atomic mass is 32.1. The van der Waals surface area contributed by atoms with E-state index in [4.69, 9.17) is 4.99 Å². The molecular weight excluding hydrogens is 420 g/mol. The molecular formula is C24H22N6OS. The van der Waals surface area contributed by atoms with Gasteiger partial charge in [0.1, 0.15) is 0 Å². The zero-order valence-electron chi connectivity index (χ0n) is 18.0. The first-order valence-electron chi connectivity index (χ1n) is 10.2. The van der Waals surface area contributed by atoms with Crippen molar-refractivity contribution in [2.45, 2.75) is 13.8 Å². The minimum Gasteiger partial charge on any atom is -0.361 e. The molecule has 0 saturated carbocycles. The lowest BCUT2D eigenvalue weighted by Gasteiger charge is -2.07. The number of aromatic amines is 1. The van der Waals surface area contributed by atoms with Crippen LogP contribution in [0.1, 0.15) is 17.0 Å². The van der Waals surface area contributed by atoms with Crippen LogP contribution in [0.3, 0.4) is 0 Å². The highest BCUT2D eigenvalue weighted by molar-refractivity contribution is 7.07. The molecule has 160 valence electrons. The summed E-state index contributed by atoms with van der Waals surface area (Å²) >= 11 is 1.46. The molecule has 7 nitrogen and oxygen atoms in total. The van der Waals surface area contributed by atoms with Gasteiger partial charge in [-0.1, -0.05) is 36.4 Å². The van der Waals surface area contributed by atoms with Crippen molar-refractivity contribution in [3.05, 3.63) is 98.3 Å². The van der Waals surface area contributed by atoms with Crippen molar-refractivity contribution >= 4 is 34.1 Å². The maximum Gasteiger partial charge on any atom is 0.297 e. The van der Waals surface area contributed by atoms with Crippen LogP contribution < -0.4 is 10.4 Å². The summed E-state index contributed by atoms with van der Waals surface area (Å²) in [6.45, 7) is 3.88. The molecule has 1 N–H and O–H groups in total. The molecule has 0 saturated heterocycles. The number of fused-ring (bicyclic) bond motifs is 1. The smallest absolute Gasteiger partial charge is 0.297 e. The van der Waals surface area contributed by atoms with Crippen LogP contribution in [-0.4, -0.2) is 25.2 Å². The Morgan fingerprint density at radius 2 is 1.78 bits per heavy atom. The van der Waals surface area contributed by atoms with Crippen molar-refractivity contribution in [2.75, 3.05) is 0 Å². The number of nitrogens with zero attached hydrogens (tertiary/aromatic N) is 5. The Balaban J connectivity index is 1.61. The molecule has 3 heterocycles. The number of hydrogen-bond donors (Lipinski definition) is 1. The van der Waals surface area contributed by atoms with Crippen LogP contribution in [-0.2, 0) is 7.05 Å². The number of aryl methyl sites for hydroxylation is 1. The Bertz CT molecular complexity index is 1580.